The van der Waals surface area contributed by atoms with Crippen LogP contribution in [0, 0.1) is 0 Å². The Kier molecular flexibility index (Phi) is 2.60. The molecule has 0 radical (unpaired) electrons. The quantitative estimate of drug-likeness (QED) is 0.602. The van der Waals surface area contributed by atoms with Gasteiger partial charge in [0.15, 0.2) is 0 Å². The van der Waals surface area contributed by atoms with E-state index in [1.54, 1.807) is 0 Å². The van der Waals surface area contributed by atoms with Gasteiger partial charge in [-0.3, -0.25) is 4.79 Å². The number of hydrogen-bond donors (Lipinski definition) is 3. The fraction of sp³-hybridized carbons (Fsp3) is 0.429. The van der Waals surface area contributed by atoms with E-state index in [0.717, 1.165) is 0 Å². The minimum absolute atomic E-state index is 0.186. The number of aliphatic carboxylic acids is 1. The maximum absolute atomic E-state index is 11.4. The summed E-state index contributed by atoms with van der Waals surface area (Å²) in [5, 5.41) is 17.4. The van der Waals surface area contributed by atoms with Crippen molar-refractivity contribution in [3.8, 4) is 0 Å². The molecule has 0 aliphatic carbocycles. The van der Waals surface area contributed by atoms with Crippen molar-refractivity contribution in [1.82, 2.24) is 15.6 Å². The topological polar surface area (TPSA) is 131 Å². The molecule has 82 valence electrons. The number of nitrogens with two attached hydrogens (primary N) is 1. The van der Waals surface area contributed by atoms with Gasteiger partial charge in [-0.25, -0.2) is 9.42 Å². The predicted molar refractivity (Wildman–Crippen MR) is 47.9 cm³/mol. The van der Waals surface area contributed by atoms with E-state index in [-0.39, 0.29) is 11.5 Å². The highest BCUT2D eigenvalue weighted by atomic mass is 16.6. The fourth-order valence-corrected chi connectivity index (χ4v) is 0.749. The van der Waals surface area contributed by atoms with Crippen molar-refractivity contribution < 1.29 is 19.3 Å². The van der Waals surface area contributed by atoms with Crippen LogP contribution >= 0.6 is 0 Å². The van der Waals surface area contributed by atoms with Crippen LogP contribution in [0.1, 0.15) is 24.3 Å². The number of nitrogen functional groups attached to an aromatic ring is 1. The van der Waals surface area contributed by atoms with Crippen LogP contribution in [0.5, 0.6) is 0 Å². The second-order valence-electron chi connectivity index (χ2n) is 3.38. The second-order valence-corrected chi connectivity index (χ2v) is 3.38. The zero-order valence-electron chi connectivity index (χ0n) is 8.14. The monoisotopic (exact) mass is 214 g/mol. The van der Waals surface area contributed by atoms with Gasteiger partial charge in [0, 0.05) is 0 Å². The van der Waals surface area contributed by atoms with Gasteiger partial charge >= 0.3 is 5.97 Å². The smallest absolute Gasteiger partial charge is 0.328 e. The van der Waals surface area contributed by atoms with E-state index in [0.29, 0.717) is 0 Å². The zero-order chi connectivity index (χ0) is 11.6. The molecule has 0 bridgehead atoms. The van der Waals surface area contributed by atoms with Gasteiger partial charge in [0.2, 0.25) is 11.5 Å². The number of amides is 1. The summed E-state index contributed by atoms with van der Waals surface area (Å²) in [5.74, 6) is -2.11. The molecule has 0 saturated heterocycles. The molecule has 0 fully saturated rings. The summed E-state index contributed by atoms with van der Waals surface area (Å²) in [6.45, 7) is 2.66. The van der Waals surface area contributed by atoms with E-state index < -0.39 is 17.4 Å². The van der Waals surface area contributed by atoms with Crippen molar-refractivity contribution in [3.05, 3.63) is 5.69 Å². The number of carbonyl (C=O) groups excluding carboxylic acids is 1. The third-order valence-corrected chi connectivity index (χ3v) is 1.69. The van der Waals surface area contributed by atoms with Crippen molar-refractivity contribution in [2.45, 2.75) is 19.4 Å². The molecule has 4 N–H and O–H groups in total. The Bertz CT molecular complexity index is 397. The number of aromatic nitrogens is 2. The van der Waals surface area contributed by atoms with Gasteiger partial charge in [-0.05, 0) is 24.2 Å². The van der Waals surface area contributed by atoms with Gasteiger partial charge in [0.1, 0.15) is 5.54 Å². The lowest BCUT2D eigenvalue weighted by molar-refractivity contribution is -0.143. The summed E-state index contributed by atoms with van der Waals surface area (Å²) >= 11 is 0. The summed E-state index contributed by atoms with van der Waals surface area (Å²) in [7, 11) is 0. The van der Waals surface area contributed by atoms with Crippen molar-refractivity contribution in [2.75, 3.05) is 5.73 Å². The number of carboxylic acid groups (broad SMARTS) is 1. The summed E-state index contributed by atoms with van der Waals surface area (Å²) in [6.07, 6.45) is 0. The molecule has 0 aliphatic heterocycles. The zero-order valence-corrected chi connectivity index (χ0v) is 8.14. The van der Waals surface area contributed by atoms with E-state index in [1.165, 1.54) is 13.8 Å². The molecule has 1 heterocycles. The first-order chi connectivity index (χ1) is 6.84. The first kappa shape index (κ1) is 11.0. The Hall–Kier alpha value is -2.12. The molecular weight excluding hydrogens is 204 g/mol. The average Bonchev–Trinajstić information content (AvgIpc) is 2.50. The maximum Gasteiger partial charge on any atom is 0.328 e. The molecule has 1 rings (SSSR count). The predicted octanol–water partition coefficient (Wildman–Crippen LogP) is -0.755. The van der Waals surface area contributed by atoms with Crippen LogP contribution in [-0.2, 0) is 4.79 Å². The first-order valence-electron chi connectivity index (χ1n) is 3.98. The lowest BCUT2D eigenvalue weighted by Gasteiger charge is -2.19. The number of nitrogens with zero attached hydrogens (tertiary/aromatic N) is 2. The van der Waals surface area contributed by atoms with Crippen LogP contribution in [0.2, 0.25) is 0 Å². The Morgan fingerprint density at radius 2 is 2.07 bits per heavy atom. The summed E-state index contributed by atoms with van der Waals surface area (Å²) in [6, 6.07) is 0. The molecule has 0 atom stereocenters. The molecular formula is C7H10N4O4. The Morgan fingerprint density at radius 3 is 2.47 bits per heavy atom. The molecule has 0 spiro atoms. The maximum atomic E-state index is 11.4. The van der Waals surface area contributed by atoms with Crippen LogP contribution in [0.15, 0.2) is 4.63 Å². The van der Waals surface area contributed by atoms with Gasteiger partial charge < -0.3 is 16.2 Å². The largest absolute Gasteiger partial charge is 0.480 e. The third kappa shape index (κ3) is 2.22. The average molecular weight is 214 g/mol. The molecule has 1 aromatic heterocycles. The minimum atomic E-state index is -1.41. The second kappa shape index (κ2) is 3.56. The van der Waals surface area contributed by atoms with Crippen LogP contribution in [0.4, 0.5) is 5.82 Å². The molecule has 1 amide bonds. The minimum Gasteiger partial charge on any atom is -0.480 e. The lowest BCUT2D eigenvalue weighted by atomic mass is 10.1. The van der Waals surface area contributed by atoms with Gasteiger partial charge in [0.25, 0.3) is 5.91 Å². The molecule has 8 nitrogen and oxygen atoms in total. The lowest BCUT2D eigenvalue weighted by Crippen LogP contribution is -2.49. The number of carboxylic acids is 1. The van der Waals surface area contributed by atoms with E-state index in [1.807, 2.05) is 0 Å². The summed E-state index contributed by atoms with van der Waals surface area (Å²) in [5.41, 5.74) is 3.61. The van der Waals surface area contributed by atoms with Crippen molar-refractivity contribution in [2.24, 2.45) is 0 Å². The van der Waals surface area contributed by atoms with E-state index in [4.69, 9.17) is 10.8 Å². The third-order valence-electron chi connectivity index (χ3n) is 1.69. The Balaban J connectivity index is 2.81. The van der Waals surface area contributed by atoms with Gasteiger partial charge in [-0.15, -0.1) is 0 Å². The van der Waals surface area contributed by atoms with E-state index in [2.05, 4.69) is 20.3 Å². The number of nitrogens with one attached hydrogen (secondary N) is 1. The molecule has 0 aliphatic rings. The normalized spacial score (nSPS) is 11.1. The van der Waals surface area contributed by atoms with Crippen molar-refractivity contribution in [1.29, 1.82) is 0 Å². The highest BCUT2D eigenvalue weighted by molar-refractivity contribution is 5.98. The van der Waals surface area contributed by atoms with Gasteiger partial charge in [0.05, 0.1) is 0 Å². The van der Waals surface area contributed by atoms with Gasteiger partial charge in [-0.2, -0.15) is 0 Å². The number of hydrogen-bond acceptors (Lipinski definition) is 6. The van der Waals surface area contributed by atoms with E-state index >= 15 is 0 Å². The standard InChI is InChI=1S/C7H10N4O4/c1-7(2,6(13)14)9-5(12)3-4(8)11-15-10-3/h1-2H3,(H2,8,11)(H,9,12)(H,13,14). The molecule has 0 aromatic carbocycles. The highest BCUT2D eigenvalue weighted by Gasteiger charge is 2.31. The molecule has 15 heavy (non-hydrogen) atoms. The van der Waals surface area contributed by atoms with Crippen LogP contribution in [0.3, 0.4) is 0 Å². The van der Waals surface area contributed by atoms with Gasteiger partial charge in [-0.1, -0.05) is 0 Å². The van der Waals surface area contributed by atoms with Crippen LogP contribution in [-0.4, -0.2) is 32.8 Å². The van der Waals surface area contributed by atoms with Crippen molar-refractivity contribution in [3.63, 3.8) is 0 Å². The van der Waals surface area contributed by atoms with E-state index in [9.17, 15) is 9.59 Å². The van der Waals surface area contributed by atoms with Crippen LogP contribution in [0.25, 0.3) is 0 Å². The number of carbonyl (C=O) groups is 2. The molecule has 1 aromatic rings. The Morgan fingerprint density at radius 1 is 1.47 bits per heavy atom. The fourth-order valence-electron chi connectivity index (χ4n) is 0.749. The molecule has 0 unspecified atom stereocenters. The number of rotatable bonds is 3. The first-order valence-corrected chi connectivity index (χ1v) is 3.98. The highest BCUT2D eigenvalue weighted by Crippen LogP contribution is 2.08. The molecule has 8 heteroatoms. The number of anilines is 1. The SMILES string of the molecule is CC(C)(NC(=O)c1nonc1N)C(=O)O. The van der Waals surface area contributed by atoms with Crippen LogP contribution < -0.4 is 11.1 Å². The summed E-state index contributed by atoms with van der Waals surface area (Å²) < 4.78 is 4.21. The Labute approximate surface area is 84.4 Å². The molecule has 0 saturated carbocycles. The summed E-state index contributed by atoms with van der Waals surface area (Å²) in [4.78, 5) is 22.1. The van der Waals surface area contributed by atoms with Crippen molar-refractivity contribution >= 4 is 17.7 Å².